The number of nitrogens with zero attached hydrogens (tertiary/aromatic N) is 2. The van der Waals surface area contributed by atoms with Crippen molar-refractivity contribution in [2.45, 2.75) is 4.90 Å². The molecular formula is C21H16BrN3O7S. The van der Waals surface area contributed by atoms with Crippen LogP contribution in [0.4, 0.5) is 5.69 Å². The van der Waals surface area contributed by atoms with Crippen molar-refractivity contribution in [3.8, 4) is 11.5 Å². The number of benzene rings is 3. The summed E-state index contributed by atoms with van der Waals surface area (Å²) in [6, 6.07) is 15.5. The highest BCUT2D eigenvalue weighted by Crippen LogP contribution is 2.29. The molecule has 0 saturated carbocycles. The van der Waals surface area contributed by atoms with Gasteiger partial charge in [0.05, 0.1) is 22.7 Å². The number of hydrogen-bond donors (Lipinski definition) is 1. The predicted octanol–water partition coefficient (Wildman–Crippen LogP) is 3.90. The summed E-state index contributed by atoms with van der Waals surface area (Å²) in [6.07, 6.45) is 1.32. The Morgan fingerprint density at radius 1 is 1.12 bits per heavy atom. The van der Waals surface area contributed by atoms with Crippen LogP contribution in [0.15, 0.2) is 81.2 Å². The summed E-state index contributed by atoms with van der Waals surface area (Å²) in [6.45, 7) is 0. The van der Waals surface area contributed by atoms with Crippen LogP contribution in [0.3, 0.4) is 0 Å². The van der Waals surface area contributed by atoms with E-state index in [1.165, 1.54) is 67.9 Å². The normalized spacial score (nSPS) is 11.2. The van der Waals surface area contributed by atoms with Gasteiger partial charge in [0.2, 0.25) is 0 Å². The second kappa shape index (κ2) is 10.2. The van der Waals surface area contributed by atoms with Crippen LogP contribution < -0.4 is 14.3 Å². The molecule has 0 bridgehead atoms. The summed E-state index contributed by atoms with van der Waals surface area (Å²) in [7, 11) is -2.59. The zero-order valence-electron chi connectivity index (χ0n) is 17.0. The third-order valence-electron chi connectivity index (χ3n) is 4.20. The molecule has 3 rings (SSSR count). The Kier molecular flexibility index (Phi) is 7.41. The fourth-order valence-electron chi connectivity index (χ4n) is 2.56. The molecule has 0 aromatic heterocycles. The molecule has 0 atom stereocenters. The van der Waals surface area contributed by atoms with E-state index in [9.17, 15) is 23.3 Å². The molecule has 0 aliphatic carbocycles. The Morgan fingerprint density at radius 2 is 1.85 bits per heavy atom. The number of nitrogens with one attached hydrogen (secondary N) is 1. The van der Waals surface area contributed by atoms with Gasteiger partial charge < -0.3 is 8.92 Å². The minimum absolute atomic E-state index is 0.0373. The molecule has 3 aromatic rings. The molecule has 1 N–H and O–H groups in total. The van der Waals surface area contributed by atoms with E-state index in [0.717, 1.165) is 6.07 Å². The number of amides is 1. The average molecular weight is 534 g/mol. The molecule has 33 heavy (non-hydrogen) atoms. The van der Waals surface area contributed by atoms with Crippen LogP contribution in [0.2, 0.25) is 0 Å². The molecule has 3 aromatic carbocycles. The molecular weight excluding hydrogens is 518 g/mol. The van der Waals surface area contributed by atoms with Crippen LogP contribution in [0, 0.1) is 10.1 Å². The number of hydrazone groups is 1. The van der Waals surface area contributed by atoms with Crippen LogP contribution in [0.25, 0.3) is 0 Å². The monoisotopic (exact) mass is 533 g/mol. The van der Waals surface area contributed by atoms with Crippen molar-refractivity contribution in [2.75, 3.05) is 7.11 Å². The Morgan fingerprint density at radius 3 is 2.48 bits per heavy atom. The largest absolute Gasteiger partial charge is 0.497 e. The number of ether oxygens (including phenoxy) is 1. The van der Waals surface area contributed by atoms with Gasteiger partial charge in [0, 0.05) is 17.7 Å². The van der Waals surface area contributed by atoms with E-state index in [0.29, 0.717) is 15.8 Å². The number of non-ortho nitro benzene ring substituents is 1. The van der Waals surface area contributed by atoms with Crippen molar-refractivity contribution in [2.24, 2.45) is 5.10 Å². The molecule has 0 saturated heterocycles. The minimum atomic E-state index is -4.07. The van der Waals surface area contributed by atoms with Gasteiger partial charge in [-0.15, -0.1) is 0 Å². The van der Waals surface area contributed by atoms with E-state index in [4.69, 9.17) is 8.92 Å². The zero-order chi connectivity index (χ0) is 24.0. The zero-order valence-corrected chi connectivity index (χ0v) is 19.4. The van der Waals surface area contributed by atoms with E-state index in [1.54, 1.807) is 6.07 Å². The molecule has 0 radical (unpaired) electrons. The van der Waals surface area contributed by atoms with Gasteiger partial charge in [-0.3, -0.25) is 14.9 Å². The lowest BCUT2D eigenvalue weighted by atomic mass is 10.2. The lowest BCUT2D eigenvalue weighted by molar-refractivity contribution is -0.384. The molecule has 0 aliphatic heterocycles. The van der Waals surface area contributed by atoms with Gasteiger partial charge in [-0.05, 0) is 70.0 Å². The summed E-state index contributed by atoms with van der Waals surface area (Å²) in [5.41, 5.74) is 2.66. The number of rotatable bonds is 8. The SMILES string of the molecule is COc1ccc(S(=O)(=O)Oc2ccc(/C=N\NC(=O)c3cccc([N+](=O)[O-])c3)cc2Br)cc1. The lowest BCUT2D eigenvalue weighted by Crippen LogP contribution is -2.17. The molecule has 0 fully saturated rings. The number of halogens is 1. The first-order chi connectivity index (χ1) is 15.7. The number of nitro benzene ring substituents is 1. The second-order valence-corrected chi connectivity index (χ2v) is 8.81. The van der Waals surface area contributed by atoms with Crippen LogP contribution >= 0.6 is 15.9 Å². The third-order valence-corrected chi connectivity index (χ3v) is 6.07. The summed E-state index contributed by atoms with van der Waals surface area (Å²) < 4.78 is 35.5. The van der Waals surface area contributed by atoms with Crippen LogP contribution in [0.5, 0.6) is 11.5 Å². The maximum absolute atomic E-state index is 12.5. The Labute approximate surface area is 197 Å². The van der Waals surface area contributed by atoms with E-state index >= 15 is 0 Å². The van der Waals surface area contributed by atoms with E-state index < -0.39 is 20.9 Å². The minimum Gasteiger partial charge on any atom is -0.497 e. The molecule has 170 valence electrons. The number of methoxy groups -OCH3 is 1. The van der Waals surface area contributed by atoms with Crippen molar-refractivity contribution < 1.29 is 27.1 Å². The van der Waals surface area contributed by atoms with Gasteiger partial charge in [-0.25, -0.2) is 5.43 Å². The Hall–Kier alpha value is -3.77. The van der Waals surface area contributed by atoms with Crippen molar-refractivity contribution in [1.29, 1.82) is 0 Å². The highest BCUT2D eigenvalue weighted by atomic mass is 79.9. The second-order valence-electron chi connectivity index (χ2n) is 6.41. The fraction of sp³-hybridized carbons (Fsp3) is 0.0476. The average Bonchev–Trinajstić information content (AvgIpc) is 2.80. The van der Waals surface area contributed by atoms with Gasteiger partial charge in [0.1, 0.15) is 10.6 Å². The first-order valence-corrected chi connectivity index (χ1v) is 11.4. The summed E-state index contributed by atoms with van der Waals surface area (Å²) >= 11 is 3.25. The standard InChI is InChI=1S/C21H16BrN3O7S/c1-31-17-6-8-18(9-7-17)33(29,30)32-20-10-5-14(11-19(20)22)13-23-24-21(26)15-3-2-4-16(12-15)25(27)28/h2-13H,1H3,(H,24,26)/b23-13-. The third kappa shape index (κ3) is 6.14. The molecule has 12 heteroatoms. The van der Waals surface area contributed by atoms with E-state index in [2.05, 4.69) is 26.5 Å². The first-order valence-electron chi connectivity index (χ1n) is 9.15. The quantitative estimate of drug-likeness (QED) is 0.200. The van der Waals surface area contributed by atoms with E-state index in [1.807, 2.05) is 0 Å². The number of hydrogen-bond acceptors (Lipinski definition) is 8. The van der Waals surface area contributed by atoms with Gasteiger partial charge in [-0.1, -0.05) is 6.07 Å². The summed E-state index contributed by atoms with van der Waals surface area (Å²) in [5, 5.41) is 14.6. The van der Waals surface area contributed by atoms with Crippen LogP contribution in [-0.2, 0) is 10.1 Å². The fourth-order valence-corrected chi connectivity index (χ4v) is 4.10. The molecule has 10 nitrogen and oxygen atoms in total. The summed E-state index contributed by atoms with van der Waals surface area (Å²) in [4.78, 5) is 22.3. The lowest BCUT2D eigenvalue weighted by Gasteiger charge is -2.09. The topological polar surface area (TPSA) is 137 Å². The molecule has 0 unspecified atom stereocenters. The maximum atomic E-state index is 12.5. The van der Waals surface area contributed by atoms with Gasteiger partial charge in [-0.2, -0.15) is 13.5 Å². The van der Waals surface area contributed by atoms with Crippen molar-refractivity contribution in [3.63, 3.8) is 0 Å². The van der Waals surface area contributed by atoms with Crippen molar-refractivity contribution in [3.05, 3.63) is 92.4 Å². The predicted molar refractivity (Wildman–Crippen MR) is 123 cm³/mol. The Bertz CT molecular complexity index is 1330. The highest BCUT2D eigenvalue weighted by Gasteiger charge is 2.18. The van der Waals surface area contributed by atoms with Crippen molar-refractivity contribution >= 4 is 43.9 Å². The number of nitro groups is 1. The van der Waals surface area contributed by atoms with Gasteiger partial charge in [0.15, 0.2) is 5.75 Å². The number of carbonyl (C=O) groups excluding carboxylic acids is 1. The van der Waals surface area contributed by atoms with Gasteiger partial charge >= 0.3 is 10.1 Å². The smallest absolute Gasteiger partial charge is 0.339 e. The molecule has 0 heterocycles. The molecule has 0 aliphatic rings. The van der Waals surface area contributed by atoms with Crippen molar-refractivity contribution in [1.82, 2.24) is 5.43 Å². The highest BCUT2D eigenvalue weighted by molar-refractivity contribution is 9.10. The molecule has 0 spiro atoms. The molecule has 1 amide bonds. The van der Waals surface area contributed by atoms with E-state index in [-0.39, 0.29) is 21.9 Å². The summed E-state index contributed by atoms with van der Waals surface area (Å²) in [5.74, 6) is -0.0560. The maximum Gasteiger partial charge on any atom is 0.339 e. The Balaban J connectivity index is 1.67. The van der Waals surface area contributed by atoms with Crippen LogP contribution in [-0.4, -0.2) is 32.6 Å². The first kappa shape index (κ1) is 23.9. The number of carbonyl (C=O) groups is 1. The van der Waals surface area contributed by atoms with Crippen LogP contribution in [0.1, 0.15) is 15.9 Å². The van der Waals surface area contributed by atoms with Gasteiger partial charge in [0.25, 0.3) is 11.6 Å².